The van der Waals surface area contributed by atoms with Crippen LogP contribution < -0.4 is 26.2 Å². The van der Waals surface area contributed by atoms with E-state index in [0.29, 0.717) is 45.4 Å². The molecule has 2 aliphatic rings. The van der Waals surface area contributed by atoms with Crippen molar-refractivity contribution in [3.8, 4) is 28.3 Å². The van der Waals surface area contributed by atoms with Gasteiger partial charge in [0.15, 0.2) is 5.15 Å². The molecule has 0 bridgehead atoms. The van der Waals surface area contributed by atoms with Crippen LogP contribution in [0.25, 0.3) is 22.4 Å². The molecule has 1 aliphatic heterocycles. The van der Waals surface area contributed by atoms with E-state index in [2.05, 4.69) is 27.1 Å². The fraction of sp³-hybridized carbons (Fsp3) is 0.303. The molecule has 1 aliphatic carbocycles. The molecular formula is C33H31Cl3N6O4. The van der Waals surface area contributed by atoms with E-state index in [0.717, 1.165) is 48.0 Å². The third-order valence-electron chi connectivity index (χ3n) is 8.41. The predicted octanol–water partition coefficient (Wildman–Crippen LogP) is 5.98. The molecule has 1 saturated heterocycles. The number of aryl methyl sites for hydroxylation is 2. The molecule has 238 valence electrons. The first kappa shape index (κ1) is 32.0. The zero-order valence-corrected chi connectivity index (χ0v) is 27.4. The van der Waals surface area contributed by atoms with Crippen LogP contribution in [0.1, 0.15) is 53.2 Å². The van der Waals surface area contributed by atoms with Crippen LogP contribution in [0.4, 0.5) is 5.69 Å². The highest BCUT2D eigenvalue weighted by atomic mass is 35.5. The van der Waals surface area contributed by atoms with Crippen molar-refractivity contribution in [3.63, 3.8) is 0 Å². The Bertz CT molecular complexity index is 1910. The third-order valence-corrected chi connectivity index (χ3v) is 9.41. The van der Waals surface area contributed by atoms with Crippen LogP contribution in [-0.2, 0) is 18.3 Å². The molecule has 0 saturated carbocycles. The number of carbonyl (C=O) groups excluding carboxylic acids is 2. The molecule has 2 aromatic carbocycles. The summed E-state index contributed by atoms with van der Waals surface area (Å²) in [7, 11) is 3.03. The lowest BCUT2D eigenvalue weighted by Crippen LogP contribution is -2.30. The number of benzene rings is 2. The topological polar surface area (TPSA) is 127 Å². The number of nitrogens with zero attached hydrogens (tertiary/aromatic N) is 3. The first-order chi connectivity index (χ1) is 22.1. The molecule has 2 atom stereocenters. The minimum atomic E-state index is -0.670. The van der Waals surface area contributed by atoms with Gasteiger partial charge in [-0.15, -0.1) is 0 Å². The van der Waals surface area contributed by atoms with Gasteiger partial charge in [-0.1, -0.05) is 65.1 Å². The second-order valence-corrected chi connectivity index (χ2v) is 12.5. The molecule has 1 fully saturated rings. The molecule has 0 unspecified atom stereocenters. The lowest BCUT2D eigenvalue weighted by atomic mass is 9.99. The molecule has 0 spiro atoms. The van der Waals surface area contributed by atoms with Gasteiger partial charge in [0.1, 0.15) is 5.56 Å². The number of amides is 2. The number of anilines is 1. The van der Waals surface area contributed by atoms with Crippen LogP contribution in [0.2, 0.25) is 15.2 Å². The Morgan fingerprint density at radius 3 is 2.50 bits per heavy atom. The van der Waals surface area contributed by atoms with Gasteiger partial charge in [0.25, 0.3) is 11.5 Å². The van der Waals surface area contributed by atoms with E-state index in [-0.39, 0.29) is 33.7 Å². The smallest absolute Gasteiger partial charge is 0.279 e. The van der Waals surface area contributed by atoms with Gasteiger partial charge in [-0.2, -0.15) is 5.10 Å². The number of methoxy groups -OCH3 is 1. The molecule has 13 heteroatoms. The highest BCUT2D eigenvalue weighted by molar-refractivity contribution is 6.39. The van der Waals surface area contributed by atoms with Gasteiger partial charge in [-0.05, 0) is 56.0 Å². The van der Waals surface area contributed by atoms with Crippen molar-refractivity contribution in [2.75, 3.05) is 19.0 Å². The number of halogens is 3. The maximum Gasteiger partial charge on any atom is 0.279 e. The van der Waals surface area contributed by atoms with Crippen molar-refractivity contribution in [2.45, 2.75) is 44.2 Å². The van der Waals surface area contributed by atoms with Crippen molar-refractivity contribution in [3.05, 3.63) is 90.8 Å². The zero-order valence-electron chi connectivity index (χ0n) is 25.1. The van der Waals surface area contributed by atoms with Gasteiger partial charge in [0, 0.05) is 47.8 Å². The third kappa shape index (κ3) is 6.35. The molecule has 10 nitrogen and oxygen atoms in total. The summed E-state index contributed by atoms with van der Waals surface area (Å²) in [5, 5.41) is 13.9. The Kier molecular flexibility index (Phi) is 9.33. The standard InChI is InChI=1S/C33H31Cl3N6O4/c1-42-33(45)22(16-26(34)41-42)31(44)39-24-8-4-6-20(30(24)36)19-5-3-7-21(29(19)35)25-15-17-9-11-23(28(17)32(40-25)46-2)37-14-13-18-10-12-27(43)38-18/h3-8,15-16,18,23,37H,9-14H2,1-2H3,(H,38,43)(H,39,44)/t18-,23-/m0/s1. The second kappa shape index (κ2) is 13.4. The minimum Gasteiger partial charge on any atom is -0.481 e. The molecule has 6 rings (SSSR count). The second-order valence-electron chi connectivity index (χ2n) is 11.3. The highest BCUT2D eigenvalue weighted by Gasteiger charge is 2.29. The molecule has 3 heterocycles. The van der Waals surface area contributed by atoms with Crippen LogP contribution in [0, 0.1) is 0 Å². The average molecular weight is 682 g/mol. The van der Waals surface area contributed by atoms with Crippen molar-refractivity contribution < 1.29 is 14.3 Å². The summed E-state index contributed by atoms with van der Waals surface area (Å²) in [6.45, 7) is 0.779. The predicted molar refractivity (Wildman–Crippen MR) is 179 cm³/mol. The van der Waals surface area contributed by atoms with E-state index in [1.807, 2.05) is 18.2 Å². The van der Waals surface area contributed by atoms with Crippen LogP contribution in [0.3, 0.4) is 0 Å². The van der Waals surface area contributed by atoms with Gasteiger partial charge in [0.2, 0.25) is 11.8 Å². The van der Waals surface area contributed by atoms with Gasteiger partial charge in [-0.3, -0.25) is 14.4 Å². The summed E-state index contributed by atoms with van der Waals surface area (Å²) in [5.41, 5.74) is 4.32. The zero-order chi connectivity index (χ0) is 32.5. The van der Waals surface area contributed by atoms with E-state index < -0.39 is 11.5 Å². The summed E-state index contributed by atoms with van der Waals surface area (Å²) in [5.74, 6) is -0.00124. The Morgan fingerprint density at radius 2 is 1.76 bits per heavy atom. The lowest BCUT2D eigenvalue weighted by molar-refractivity contribution is -0.119. The fourth-order valence-electron chi connectivity index (χ4n) is 6.13. The first-order valence-corrected chi connectivity index (χ1v) is 16.0. The Morgan fingerprint density at radius 1 is 1.02 bits per heavy atom. The van der Waals surface area contributed by atoms with E-state index >= 15 is 0 Å². The molecule has 0 radical (unpaired) electrons. The number of rotatable bonds is 9. The first-order valence-electron chi connectivity index (χ1n) is 14.9. The van der Waals surface area contributed by atoms with E-state index in [4.69, 9.17) is 44.5 Å². The average Bonchev–Trinajstić information content (AvgIpc) is 3.65. The van der Waals surface area contributed by atoms with Crippen molar-refractivity contribution >= 4 is 52.3 Å². The lowest BCUT2D eigenvalue weighted by Gasteiger charge is -2.19. The normalized spacial score (nSPS) is 17.1. The van der Waals surface area contributed by atoms with Gasteiger partial charge in [0.05, 0.1) is 28.5 Å². The summed E-state index contributed by atoms with van der Waals surface area (Å²) >= 11 is 19.8. The van der Waals surface area contributed by atoms with Crippen molar-refractivity contribution in [1.82, 2.24) is 25.4 Å². The van der Waals surface area contributed by atoms with E-state index in [9.17, 15) is 14.4 Å². The molecule has 2 aromatic heterocycles. The van der Waals surface area contributed by atoms with Crippen molar-refractivity contribution in [2.24, 2.45) is 7.05 Å². The number of carbonyl (C=O) groups is 2. The number of fused-ring (bicyclic) bond motifs is 1. The number of nitrogens with one attached hydrogen (secondary N) is 3. The quantitative estimate of drug-likeness (QED) is 0.199. The number of hydrogen-bond acceptors (Lipinski definition) is 7. The Labute approximate surface area is 280 Å². The molecular weight excluding hydrogens is 651 g/mol. The van der Waals surface area contributed by atoms with Crippen molar-refractivity contribution in [1.29, 1.82) is 0 Å². The van der Waals surface area contributed by atoms with Crippen LogP contribution in [-0.4, -0.2) is 46.3 Å². The number of hydrogen-bond donors (Lipinski definition) is 3. The van der Waals surface area contributed by atoms with Crippen LogP contribution in [0.15, 0.2) is 53.3 Å². The maximum absolute atomic E-state index is 13.0. The van der Waals surface area contributed by atoms with E-state index in [1.54, 1.807) is 25.3 Å². The van der Waals surface area contributed by atoms with Crippen LogP contribution >= 0.6 is 34.8 Å². The summed E-state index contributed by atoms with van der Waals surface area (Å²) in [6, 6.07) is 14.4. The molecule has 2 amide bonds. The highest BCUT2D eigenvalue weighted by Crippen LogP contribution is 2.44. The fourth-order valence-corrected chi connectivity index (χ4v) is 6.95. The van der Waals surface area contributed by atoms with Gasteiger partial charge < -0.3 is 20.7 Å². The maximum atomic E-state index is 13.0. The molecule has 4 aromatic rings. The minimum absolute atomic E-state index is 0.00915. The summed E-state index contributed by atoms with van der Waals surface area (Å²) in [6.07, 6.45) is 4.11. The number of aromatic nitrogens is 3. The molecule has 3 N–H and O–H groups in total. The number of pyridine rings is 1. The van der Waals surface area contributed by atoms with E-state index in [1.165, 1.54) is 13.1 Å². The Hall–Kier alpha value is -3.96. The van der Waals surface area contributed by atoms with Gasteiger partial charge >= 0.3 is 0 Å². The largest absolute Gasteiger partial charge is 0.481 e. The van der Waals surface area contributed by atoms with Crippen LogP contribution in [0.5, 0.6) is 5.88 Å². The number of ether oxygens (including phenoxy) is 1. The summed E-state index contributed by atoms with van der Waals surface area (Å²) < 4.78 is 6.78. The van der Waals surface area contributed by atoms with Gasteiger partial charge in [-0.25, -0.2) is 9.67 Å². The Balaban J connectivity index is 1.26. The monoisotopic (exact) mass is 680 g/mol. The SMILES string of the molecule is COc1nc(-c2cccc(-c3cccc(NC(=O)c4cc(Cl)nn(C)c4=O)c3Cl)c2Cl)cc2c1[C@@H](NCC[C@@H]1CCC(=O)N1)CC2. The molecule has 46 heavy (non-hydrogen) atoms. The summed E-state index contributed by atoms with van der Waals surface area (Å²) in [4.78, 5) is 41.9.